The number of benzene rings is 1. The topological polar surface area (TPSA) is 78.9 Å². The number of nitrogens with one attached hydrogen (secondary N) is 1. The first-order valence-electron chi connectivity index (χ1n) is 9.18. The molecule has 1 saturated carbocycles. The number of phenolic OH excluding ortho intramolecular Hbond substituents is 1. The van der Waals surface area contributed by atoms with Crippen molar-refractivity contribution in [2.75, 3.05) is 26.2 Å². The summed E-state index contributed by atoms with van der Waals surface area (Å²) in [5.74, 6) is -3.60. The van der Waals surface area contributed by atoms with E-state index >= 15 is 0 Å². The Bertz CT molecular complexity index is 749. The number of halogens is 2. The van der Waals surface area contributed by atoms with Gasteiger partial charge in [-0.05, 0) is 18.2 Å². The molecule has 0 spiro atoms. The van der Waals surface area contributed by atoms with Gasteiger partial charge in [0.05, 0.1) is 12.7 Å². The van der Waals surface area contributed by atoms with Crippen LogP contribution in [0.1, 0.15) is 23.2 Å². The van der Waals surface area contributed by atoms with E-state index in [1.54, 1.807) is 17.0 Å². The van der Waals surface area contributed by atoms with E-state index in [2.05, 4.69) is 5.32 Å². The molecule has 0 radical (unpaired) electrons. The predicted molar refractivity (Wildman–Crippen MR) is 91.4 cm³/mol. The minimum atomic E-state index is -2.71. The highest BCUT2D eigenvalue weighted by molar-refractivity contribution is 5.94. The van der Waals surface area contributed by atoms with Gasteiger partial charge < -0.3 is 20.1 Å². The van der Waals surface area contributed by atoms with Crippen molar-refractivity contribution < 1.29 is 28.2 Å². The summed E-state index contributed by atoms with van der Waals surface area (Å²) in [5.41, 5.74) is 0.422. The zero-order valence-electron chi connectivity index (χ0n) is 14.7. The average Bonchev–Trinajstić information content (AvgIpc) is 3.17. The minimum Gasteiger partial charge on any atom is -0.508 e. The van der Waals surface area contributed by atoms with Gasteiger partial charge in [0.15, 0.2) is 0 Å². The standard InChI is InChI=1S/C19H22F2N2O4/c20-19(21)5-12(6-19)17(25)22-7-13-10-27-16-9-23(8-15(13)16)18(26)11-2-1-3-14(24)4-11/h1-4,12-13,15-16,24H,5-10H2,(H,22,25)/t13-,15+,16+/m0/s1. The Labute approximate surface area is 155 Å². The van der Waals surface area contributed by atoms with Gasteiger partial charge in [-0.25, -0.2) is 8.78 Å². The Morgan fingerprint density at radius 1 is 1.30 bits per heavy atom. The summed E-state index contributed by atoms with van der Waals surface area (Å²) in [6.07, 6.45) is -0.836. The summed E-state index contributed by atoms with van der Waals surface area (Å²) in [6.45, 7) is 1.85. The van der Waals surface area contributed by atoms with E-state index < -0.39 is 11.8 Å². The largest absolute Gasteiger partial charge is 0.508 e. The number of aromatic hydroxyl groups is 1. The number of hydrogen-bond donors (Lipinski definition) is 2. The van der Waals surface area contributed by atoms with Gasteiger partial charge in [-0.1, -0.05) is 6.07 Å². The second-order valence-corrected chi connectivity index (χ2v) is 7.76. The van der Waals surface area contributed by atoms with Crippen molar-refractivity contribution in [2.24, 2.45) is 17.8 Å². The molecule has 2 N–H and O–H groups in total. The molecule has 1 aromatic rings. The predicted octanol–water partition coefficient (Wildman–Crippen LogP) is 1.64. The van der Waals surface area contributed by atoms with E-state index in [1.807, 2.05) is 0 Å². The van der Waals surface area contributed by atoms with Gasteiger partial charge in [0, 0.05) is 55.8 Å². The lowest BCUT2D eigenvalue weighted by atomic mass is 9.80. The maximum Gasteiger partial charge on any atom is 0.254 e. The third-order valence-electron chi connectivity index (χ3n) is 5.82. The first kappa shape index (κ1) is 18.2. The van der Waals surface area contributed by atoms with Crippen LogP contribution in [0.15, 0.2) is 24.3 Å². The average molecular weight is 380 g/mol. The van der Waals surface area contributed by atoms with Crippen LogP contribution in [-0.2, 0) is 9.53 Å². The summed E-state index contributed by atoms with van der Waals surface area (Å²) in [4.78, 5) is 26.3. The zero-order chi connectivity index (χ0) is 19.2. The molecule has 4 rings (SSSR count). The molecule has 0 bridgehead atoms. The lowest BCUT2D eigenvalue weighted by Gasteiger charge is -2.34. The number of rotatable bonds is 4. The summed E-state index contributed by atoms with van der Waals surface area (Å²) < 4.78 is 31.6. The number of carbonyl (C=O) groups excluding carboxylic acids is 2. The van der Waals surface area contributed by atoms with E-state index in [0.29, 0.717) is 31.8 Å². The fourth-order valence-corrected chi connectivity index (χ4v) is 4.22. The number of amides is 2. The third-order valence-corrected chi connectivity index (χ3v) is 5.82. The first-order valence-corrected chi connectivity index (χ1v) is 9.18. The Hall–Kier alpha value is -2.22. The van der Waals surface area contributed by atoms with E-state index in [-0.39, 0.29) is 48.3 Å². The van der Waals surface area contributed by atoms with Crippen molar-refractivity contribution in [1.82, 2.24) is 10.2 Å². The number of carbonyl (C=O) groups is 2. The number of fused-ring (bicyclic) bond motifs is 1. The molecule has 2 saturated heterocycles. The molecule has 3 aliphatic rings. The van der Waals surface area contributed by atoms with Gasteiger partial charge in [0.25, 0.3) is 5.91 Å². The van der Waals surface area contributed by atoms with Crippen molar-refractivity contribution in [3.8, 4) is 5.75 Å². The normalized spacial score (nSPS) is 29.3. The third kappa shape index (κ3) is 3.63. The summed E-state index contributed by atoms with van der Waals surface area (Å²) >= 11 is 0. The molecule has 146 valence electrons. The monoisotopic (exact) mass is 380 g/mol. The zero-order valence-corrected chi connectivity index (χ0v) is 14.7. The number of alkyl halides is 2. The van der Waals surface area contributed by atoms with Gasteiger partial charge in [0.2, 0.25) is 11.8 Å². The van der Waals surface area contributed by atoms with Gasteiger partial charge in [-0.3, -0.25) is 9.59 Å². The van der Waals surface area contributed by atoms with Gasteiger partial charge in [0.1, 0.15) is 5.75 Å². The van der Waals surface area contributed by atoms with Gasteiger partial charge in [-0.15, -0.1) is 0 Å². The minimum absolute atomic E-state index is 0.0404. The number of ether oxygens (including phenoxy) is 1. The number of nitrogens with zero attached hydrogens (tertiary/aromatic N) is 1. The molecule has 2 heterocycles. The molecule has 6 nitrogen and oxygen atoms in total. The summed E-state index contributed by atoms with van der Waals surface area (Å²) in [5, 5.41) is 12.3. The fourth-order valence-electron chi connectivity index (χ4n) is 4.22. The number of likely N-dealkylation sites (tertiary alicyclic amines) is 1. The molecule has 0 unspecified atom stereocenters. The molecule has 1 aromatic carbocycles. The highest BCUT2D eigenvalue weighted by atomic mass is 19.3. The molecular formula is C19H22F2N2O4. The SMILES string of the molecule is O=C(NC[C@H]1CO[C@@H]2CN(C(=O)c3cccc(O)c3)C[C@H]12)C1CC(F)(F)C1. The molecule has 27 heavy (non-hydrogen) atoms. The van der Waals surface area contributed by atoms with E-state index in [9.17, 15) is 23.5 Å². The number of phenols is 1. The molecular weight excluding hydrogens is 358 g/mol. The van der Waals surface area contributed by atoms with Crippen LogP contribution in [0.25, 0.3) is 0 Å². The quantitative estimate of drug-likeness (QED) is 0.833. The second-order valence-electron chi connectivity index (χ2n) is 7.76. The lowest BCUT2D eigenvalue weighted by Crippen LogP contribution is -2.46. The second kappa shape index (κ2) is 6.74. The maximum atomic E-state index is 12.9. The van der Waals surface area contributed by atoms with Crippen LogP contribution in [0, 0.1) is 17.8 Å². The van der Waals surface area contributed by atoms with Crippen molar-refractivity contribution in [2.45, 2.75) is 24.9 Å². The molecule has 1 aliphatic carbocycles. The van der Waals surface area contributed by atoms with Crippen molar-refractivity contribution in [1.29, 1.82) is 0 Å². The van der Waals surface area contributed by atoms with Crippen LogP contribution >= 0.6 is 0 Å². The van der Waals surface area contributed by atoms with Crippen molar-refractivity contribution in [3.05, 3.63) is 29.8 Å². The van der Waals surface area contributed by atoms with E-state index in [4.69, 9.17) is 4.74 Å². The van der Waals surface area contributed by atoms with Crippen LogP contribution in [0.2, 0.25) is 0 Å². The smallest absolute Gasteiger partial charge is 0.254 e. The molecule has 0 aromatic heterocycles. The highest BCUT2D eigenvalue weighted by Crippen LogP contribution is 2.42. The number of hydrogen-bond acceptors (Lipinski definition) is 4. The highest BCUT2D eigenvalue weighted by Gasteiger charge is 2.49. The summed E-state index contributed by atoms with van der Waals surface area (Å²) in [7, 11) is 0. The molecule has 2 amide bonds. The lowest BCUT2D eigenvalue weighted by molar-refractivity contribution is -0.150. The molecule has 3 atom stereocenters. The molecule has 2 aliphatic heterocycles. The summed E-state index contributed by atoms with van der Waals surface area (Å²) in [6, 6.07) is 6.22. The van der Waals surface area contributed by atoms with Gasteiger partial charge in [-0.2, -0.15) is 0 Å². The van der Waals surface area contributed by atoms with Crippen LogP contribution in [0.5, 0.6) is 5.75 Å². The van der Waals surface area contributed by atoms with Crippen LogP contribution < -0.4 is 5.32 Å². The van der Waals surface area contributed by atoms with Crippen LogP contribution in [0.4, 0.5) is 8.78 Å². The van der Waals surface area contributed by atoms with Crippen molar-refractivity contribution >= 4 is 11.8 Å². The molecule has 8 heteroatoms. The maximum absolute atomic E-state index is 12.9. The Morgan fingerprint density at radius 3 is 2.78 bits per heavy atom. The Kier molecular flexibility index (Phi) is 4.53. The Morgan fingerprint density at radius 2 is 2.07 bits per heavy atom. The van der Waals surface area contributed by atoms with Crippen molar-refractivity contribution in [3.63, 3.8) is 0 Å². The fraction of sp³-hybridized carbons (Fsp3) is 0.579. The Balaban J connectivity index is 1.31. The first-order chi connectivity index (χ1) is 12.8. The molecule has 3 fully saturated rings. The van der Waals surface area contributed by atoms with Crippen LogP contribution in [-0.4, -0.2) is 60.1 Å². The van der Waals surface area contributed by atoms with Crippen LogP contribution in [0.3, 0.4) is 0 Å². The van der Waals surface area contributed by atoms with Gasteiger partial charge >= 0.3 is 0 Å². The van der Waals surface area contributed by atoms with E-state index in [1.165, 1.54) is 12.1 Å². The van der Waals surface area contributed by atoms with E-state index in [0.717, 1.165) is 0 Å².